The monoisotopic (exact) mass is 229 g/mol. The van der Waals surface area contributed by atoms with Crippen LogP contribution in [0.25, 0.3) is 0 Å². The summed E-state index contributed by atoms with van der Waals surface area (Å²) in [5.41, 5.74) is 2.55. The fourth-order valence-corrected chi connectivity index (χ4v) is 1.73. The highest BCUT2D eigenvalue weighted by Crippen LogP contribution is 2.05. The van der Waals surface area contributed by atoms with E-state index >= 15 is 0 Å². The molecule has 4 N–H and O–H groups in total. The second kappa shape index (κ2) is 8.32. The minimum Gasteiger partial charge on any atom is -0.383 e. The van der Waals surface area contributed by atoms with Crippen LogP contribution in [0.3, 0.4) is 0 Å². The number of ether oxygens (including phenoxy) is 1. The van der Waals surface area contributed by atoms with Gasteiger partial charge in [0.15, 0.2) is 0 Å². The third-order valence-electron chi connectivity index (χ3n) is 2.62. The van der Waals surface area contributed by atoms with Gasteiger partial charge in [-0.2, -0.15) is 0 Å². The summed E-state index contributed by atoms with van der Waals surface area (Å²) in [6.45, 7) is 5.56. The fraction of sp³-hybridized carbons (Fsp3) is 0.900. The average Bonchev–Trinajstić information content (AvgIpc) is 2.80. The van der Waals surface area contributed by atoms with E-state index in [1.807, 2.05) is 0 Å². The summed E-state index contributed by atoms with van der Waals surface area (Å²) in [6, 6.07) is 0. The molecule has 0 aromatic heterocycles. The number of hydrogen-bond acceptors (Lipinski definition) is 4. The van der Waals surface area contributed by atoms with Crippen molar-refractivity contribution in [1.82, 2.24) is 15.6 Å². The highest BCUT2D eigenvalue weighted by molar-refractivity contribution is 5.79. The van der Waals surface area contributed by atoms with Crippen LogP contribution in [0.1, 0.15) is 12.8 Å². The van der Waals surface area contributed by atoms with Crippen molar-refractivity contribution in [2.24, 2.45) is 10.8 Å². The number of nitrogens with one attached hydrogen (secondary N) is 2. The molecule has 1 fully saturated rings. The molecule has 94 valence electrons. The van der Waals surface area contributed by atoms with E-state index in [0.717, 1.165) is 13.1 Å². The predicted octanol–water partition coefficient (Wildman–Crippen LogP) is -0.862. The van der Waals surface area contributed by atoms with Crippen molar-refractivity contribution >= 4 is 5.96 Å². The average molecular weight is 229 g/mol. The smallest absolute Gasteiger partial charge is 0.205 e. The van der Waals surface area contributed by atoms with E-state index in [0.29, 0.717) is 19.1 Å². The molecule has 0 atom stereocenters. The van der Waals surface area contributed by atoms with Crippen LogP contribution < -0.4 is 16.6 Å². The minimum atomic E-state index is 0.635. The molecule has 1 aliphatic heterocycles. The summed E-state index contributed by atoms with van der Waals surface area (Å²) in [4.78, 5) is 6.77. The molecule has 0 saturated carbocycles. The van der Waals surface area contributed by atoms with Crippen LogP contribution in [0.5, 0.6) is 0 Å². The maximum absolute atomic E-state index is 5.35. The van der Waals surface area contributed by atoms with Crippen molar-refractivity contribution in [2.75, 3.05) is 46.4 Å². The maximum Gasteiger partial charge on any atom is 0.205 e. The molecule has 0 aromatic rings. The fourth-order valence-electron chi connectivity index (χ4n) is 1.73. The number of methoxy groups -OCH3 is 1. The number of rotatable bonds is 6. The number of nitrogens with zero attached hydrogens (tertiary/aromatic N) is 2. The van der Waals surface area contributed by atoms with Crippen LogP contribution in [0.15, 0.2) is 4.99 Å². The molecule has 0 amide bonds. The van der Waals surface area contributed by atoms with Gasteiger partial charge in [-0.25, -0.2) is 5.84 Å². The van der Waals surface area contributed by atoms with Crippen molar-refractivity contribution < 1.29 is 4.74 Å². The minimum absolute atomic E-state index is 0.635. The molecular weight excluding hydrogens is 206 g/mol. The highest BCUT2D eigenvalue weighted by atomic mass is 16.5. The van der Waals surface area contributed by atoms with E-state index in [9.17, 15) is 0 Å². The van der Waals surface area contributed by atoms with Gasteiger partial charge in [0, 0.05) is 20.2 Å². The second-order valence-corrected chi connectivity index (χ2v) is 3.84. The zero-order valence-electron chi connectivity index (χ0n) is 10.0. The lowest BCUT2D eigenvalue weighted by molar-refractivity contribution is 0.203. The summed E-state index contributed by atoms with van der Waals surface area (Å²) in [6.07, 6.45) is 2.63. The summed E-state index contributed by atoms with van der Waals surface area (Å²) in [5.74, 6) is 5.99. The standard InChI is InChI=1S/C10H23N5O/c1-16-9-5-13-10(14-11)12-4-8-15-6-2-3-7-15/h2-9,11H2,1H3,(H2,12,13,14). The van der Waals surface area contributed by atoms with Gasteiger partial charge in [-0.1, -0.05) is 0 Å². The Balaban J connectivity index is 2.12. The topological polar surface area (TPSA) is 74.9 Å². The van der Waals surface area contributed by atoms with Gasteiger partial charge in [-0.05, 0) is 25.9 Å². The number of likely N-dealkylation sites (tertiary alicyclic amines) is 1. The third-order valence-corrected chi connectivity index (χ3v) is 2.62. The Morgan fingerprint density at radius 1 is 1.44 bits per heavy atom. The normalized spacial score (nSPS) is 17.8. The van der Waals surface area contributed by atoms with Gasteiger partial charge in [0.25, 0.3) is 0 Å². The molecule has 0 aromatic carbocycles. The van der Waals surface area contributed by atoms with E-state index in [4.69, 9.17) is 10.6 Å². The predicted molar refractivity (Wildman–Crippen MR) is 65.2 cm³/mol. The van der Waals surface area contributed by atoms with Crippen LogP contribution in [-0.4, -0.2) is 57.3 Å². The Morgan fingerprint density at radius 3 is 2.81 bits per heavy atom. The number of hydrazine groups is 1. The van der Waals surface area contributed by atoms with Crippen molar-refractivity contribution in [3.8, 4) is 0 Å². The Kier molecular flexibility index (Phi) is 6.87. The Bertz CT molecular complexity index is 203. The molecule has 6 nitrogen and oxygen atoms in total. The Labute approximate surface area is 97.2 Å². The molecule has 6 heteroatoms. The summed E-state index contributed by atoms with van der Waals surface area (Å²) in [7, 11) is 1.67. The summed E-state index contributed by atoms with van der Waals surface area (Å²) >= 11 is 0. The van der Waals surface area contributed by atoms with Crippen molar-refractivity contribution in [1.29, 1.82) is 0 Å². The molecule has 0 radical (unpaired) electrons. The summed E-state index contributed by atoms with van der Waals surface area (Å²) < 4.78 is 4.93. The van der Waals surface area contributed by atoms with Gasteiger partial charge in [0.2, 0.25) is 5.96 Å². The van der Waals surface area contributed by atoms with Crippen LogP contribution in [0.4, 0.5) is 0 Å². The van der Waals surface area contributed by atoms with E-state index in [2.05, 4.69) is 20.6 Å². The zero-order valence-corrected chi connectivity index (χ0v) is 10.0. The molecule has 16 heavy (non-hydrogen) atoms. The molecule has 1 heterocycles. The molecule has 1 rings (SSSR count). The largest absolute Gasteiger partial charge is 0.383 e. The first-order valence-corrected chi connectivity index (χ1v) is 5.83. The lowest BCUT2D eigenvalue weighted by Gasteiger charge is -2.13. The SMILES string of the molecule is COCCNC(=NCCN1CCCC1)NN. The quantitative estimate of drug-likeness (QED) is 0.182. The highest BCUT2D eigenvalue weighted by Gasteiger charge is 2.09. The third kappa shape index (κ3) is 5.29. The lowest BCUT2D eigenvalue weighted by atomic mass is 10.4. The van der Waals surface area contributed by atoms with Gasteiger partial charge >= 0.3 is 0 Å². The maximum atomic E-state index is 5.35. The Morgan fingerprint density at radius 2 is 2.19 bits per heavy atom. The number of hydrogen-bond donors (Lipinski definition) is 3. The summed E-state index contributed by atoms with van der Waals surface area (Å²) in [5, 5.41) is 3.07. The zero-order chi connectivity index (χ0) is 11.6. The number of guanidine groups is 1. The second-order valence-electron chi connectivity index (χ2n) is 3.84. The van der Waals surface area contributed by atoms with Gasteiger partial charge in [0.1, 0.15) is 0 Å². The molecule has 0 unspecified atom stereocenters. The van der Waals surface area contributed by atoms with E-state index in [1.54, 1.807) is 7.11 Å². The van der Waals surface area contributed by atoms with Crippen LogP contribution in [-0.2, 0) is 4.74 Å². The first-order chi connectivity index (χ1) is 7.86. The van der Waals surface area contributed by atoms with Crippen LogP contribution in [0, 0.1) is 0 Å². The lowest BCUT2D eigenvalue weighted by Crippen LogP contribution is -2.43. The van der Waals surface area contributed by atoms with Crippen molar-refractivity contribution in [2.45, 2.75) is 12.8 Å². The van der Waals surface area contributed by atoms with Crippen molar-refractivity contribution in [3.63, 3.8) is 0 Å². The molecule has 0 aliphatic carbocycles. The first kappa shape index (κ1) is 13.2. The van der Waals surface area contributed by atoms with Gasteiger partial charge < -0.3 is 15.0 Å². The molecule has 0 bridgehead atoms. The van der Waals surface area contributed by atoms with E-state index < -0.39 is 0 Å². The van der Waals surface area contributed by atoms with Crippen molar-refractivity contribution in [3.05, 3.63) is 0 Å². The van der Waals surface area contributed by atoms with Gasteiger partial charge in [-0.3, -0.25) is 10.4 Å². The van der Waals surface area contributed by atoms with E-state index in [-0.39, 0.29) is 0 Å². The van der Waals surface area contributed by atoms with Gasteiger partial charge in [-0.15, -0.1) is 0 Å². The molecule has 1 aliphatic rings. The molecule has 1 saturated heterocycles. The van der Waals surface area contributed by atoms with Crippen LogP contribution in [0.2, 0.25) is 0 Å². The molecular formula is C10H23N5O. The molecule has 0 spiro atoms. The van der Waals surface area contributed by atoms with Crippen LogP contribution >= 0.6 is 0 Å². The van der Waals surface area contributed by atoms with Gasteiger partial charge in [0.05, 0.1) is 13.2 Å². The number of aliphatic imine (C=N–C) groups is 1. The van der Waals surface area contributed by atoms with E-state index in [1.165, 1.54) is 25.9 Å². The Hall–Kier alpha value is -0.850. The number of nitrogens with two attached hydrogens (primary N) is 1. The first-order valence-electron chi connectivity index (χ1n) is 5.83.